The molecule has 1 fully saturated rings. The van der Waals surface area contributed by atoms with Crippen molar-refractivity contribution in [1.29, 1.82) is 0 Å². The molecule has 0 N–H and O–H groups in total. The van der Waals surface area contributed by atoms with Crippen LogP contribution < -0.4 is 4.74 Å². The molecule has 0 saturated carbocycles. The van der Waals surface area contributed by atoms with E-state index in [9.17, 15) is 4.79 Å². The lowest BCUT2D eigenvalue weighted by atomic mass is 10.2. The molecule has 1 heterocycles. The first-order chi connectivity index (χ1) is 9.11. The average Bonchev–Trinajstić information content (AvgIpc) is 2.62. The number of carbonyl (C=O) groups is 1. The van der Waals surface area contributed by atoms with Crippen molar-refractivity contribution in [3.8, 4) is 5.75 Å². The van der Waals surface area contributed by atoms with E-state index < -0.39 is 0 Å². The van der Waals surface area contributed by atoms with E-state index in [1.54, 1.807) is 25.3 Å². The molecule has 0 spiro atoms. The van der Waals surface area contributed by atoms with Crippen molar-refractivity contribution in [3.05, 3.63) is 28.2 Å². The number of amides is 1. The second kappa shape index (κ2) is 6.39. The van der Waals surface area contributed by atoms with Crippen LogP contribution in [0.2, 0.25) is 0 Å². The molecular weight excluding hydrogens is 310 g/mol. The van der Waals surface area contributed by atoms with Crippen LogP contribution in [0.25, 0.3) is 0 Å². The molecule has 1 aromatic rings. The highest BCUT2D eigenvalue weighted by Crippen LogP contribution is 2.26. The lowest BCUT2D eigenvalue weighted by Crippen LogP contribution is -2.35. The van der Waals surface area contributed by atoms with Crippen molar-refractivity contribution in [2.24, 2.45) is 0 Å². The van der Waals surface area contributed by atoms with Crippen LogP contribution in [0.5, 0.6) is 5.75 Å². The van der Waals surface area contributed by atoms with Crippen LogP contribution in [0.15, 0.2) is 22.7 Å². The van der Waals surface area contributed by atoms with E-state index in [1.807, 2.05) is 11.8 Å². The van der Waals surface area contributed by atoms with E-state index in [0.717, 1.165) is 29.8 Å². The van der Waals surface area contributed by atoms with Crippen LogP contribution in [0.3, 0.4) is 0 Å². The summed E-state index contributed by atoms with van der Waals surface area (Å²) in [6, 6.07) is 5.40. The average molecular weight is 328 g/mol. The van der Waals surface area contributed by atoms with Crippen LogP contribution in [0, 0.1) is 0 Å². The molecule has 2 rings (SSSR count). The maximum Gasteiger partial charge on any atom is 0.253 e. The Labute approximate surface area is 121 Å². The van der Waals surface area contributed by atoms with Gasteiger partial charge in [0.05, 0.1) is 17.7 Å². The maximum atomic E-state index is 12.5. The summed E-state index contributed by atoms with van der Waals surface area (Å²) in [5, 5.41) is 0. The number of nitrogens with zero attached hydrogens (tertiary/aromatic N) is 1. The molecule has 1 unspecified atom stereocenters. The van der Waals surface area contributed by atoms with Crippen LogP contribution in [-0.2, 0) is 4.74 Å². The minimum absolute atomic E-state index is 0.0423. The third kappa shape index (κ3) is 3.48. The zero-order valence-electron chi connectivity index (χ0n) is 11.2. The van der Waals surface area contributed by atoms with Crippen LogP contribution in [-0.4, -0.2) is 43.7 Å². The summed E-state index contributed by atoms with van der Waals surface area (Å²) in [6.07, 6.45) is 0.973. The lowest BCUT2D eigenvalue weighted by Gasteiger charge is -2.22. The van der Waals surface area contributed by atoms with Gasteiger partial charge in [-0.1, -0.05) is 0 Å². The summed E-state index contributed by atoms with van der Waals surface area (Å²) in [4.78, 5) is 14.3. The van der Waals surface area contributed by atoms with E-state index in [2.05, 4.69) is 15.9 Å². The van der Waals surface area contributed by atoms with Gasteiger partial charge in [0.2, 0.25) is 0 Å². The van der Waals surface area contributed by atoms with Crippen molar-refractivity contribution in [2.45, 2.75) is 19.4 Å². The fourth-order valence-corrected chi connectivity index (χ4v) is 2.70. The number of carbonyl (C=O) groups excluding carboxylic acids is 1. The highest BCUT2D eigenvalue weighted by atomic mass is 79.9. The van der Waals surface area contributed by atoms with Gasteiger partial charge in [-0.15, -0.1) is 0 Å². The van der Waals surface area contributed by atoms with Crippen molar-refractivity contribution in [3.63, 3.8) is 0 Å². The van der Waals surface area contributed by atoms with Crippen LogP contribution in [0.4, 0.5) is 0 Å². The minimum Gasteiger partial charge on any atom is -0.496 e. The molecule has 1 aliphatic heterocycles. The zero-order chi connectivity index (χ0) is 13.8. The van der Waals surface area contributed by atoms with Gasteiger partial charge in [-0.25, -0.2) is 0 Å². The standard InChI is InChI=1S/C14H18BrNO3/c1-10-9-16(6-3-7-19-10)14(17)11-4-5-13(18-2)12(15)8-11/h4-5,8,10H,3,6-7,9H2,1-2H3. The van der Waals surface area contributed by atoms with Gasteiger partial charge in [-0.3, -0.25) is 4.79 Å². The number of benzene rings is 1. The Morgan fingerprint density at radius 3 is 3.00 bits per heavy atom. The number of methoxy groups -OCH3 is 1. The Bertz CT molecular complexity index is 464. The number of rotatable bonds is 2. The van der Waals surface area contributed by atoms with Gasteiger partial charge in [-0.2, -0.15) is 0 Å². The number of ether oxygens (including phenoxy) is 2. The first-order valence-corrected chi connectivity index (χ1v) is 7.15. The largest absolute Gasteiger partial charge is 0.496 e. The quantitative estimate of drug-likeness (QED) is 0.838. The van der Waals surface area contributed by atoms with E-state index in [0.29, 0.717) is 12.1 Å². The molecular formula is C14H18BrNO3. The first kappa shape index (κ1) is 14.3. The summed E-state index contributed by atoms with van der Waals surface area (Å²) in [7, 11) is 1.61. The lowest BCUT2D eigenvalue weighted by molar-refractivity contribution is 0.0562. The number of hydrogen-bond donors (Lipinski definition) is 0. The molecule has 0 aromatic heterocycles. The first-order valence-electron chi connectivity index (χ1n) is 6.36. The Morgan fingerprint density at radius 2 is 2.32 bits per heavy atom. The fourth-order valence-electron chi connectivity index (χ4n) is 2.16. The van der Waals surface area contributed by atoms with Gasteiger partial charge >= 0.3 is 0 Å². The molecule has 0 aliphatic carbocycles. The fraction of sp³-hybridized carbons (Fsp3) is 0.500. The smallest absolute Gasteiger partial charge is 0.253 e. The molecule has 1 aromatic carbocycles. The normalized spacial score (nSPS) is 19.9. The van der Waals surface area contributed by atoms with Gasteiger partial charge in [-0.05, 0) is 47.5 Å². The van der Waals surface area contributed by atoms with Gasteiger partial charge in [0.1, 0.15) is 5.75 Å². The second-order valence-corrected chi connectivity index (χ2v) is 5.49. The zero-order valence-corrected chi connectivity index (χ0v) is 12.8. The van der Waals surface area contributed by atoms with Crippen molar-refractivity contribution >= 4 is 21.8 Å². The highest BCUT2D eigenvalue weighted by molar-refractivity contribution is 9.10. The van der Waals surface area contributed by atoms with Gasteiger partial charge < -0.3 is 14.4 Å². The van der Waals surface area contributed by atoms with E-state index in [1.165, 1.54) is 0 Å². The van der Waals surface area contributed by atoms with Crippen molar-refractivity contribution in [2.75, 3.05) is 26.8 Å². The summed E-state index contributed by atoms with van der Waals surface area (Å²) in [5.74, 6) is 0.768. The molecule has 4 nitrogen and oxygen atoms in total. The molecule has 5 heteroatoms. The molecule has 1 saturated heterocycles. The second-order valence-electron chi connectivity index (χ2n) is 4.64. The summed E-state index contributed by atoms with van der Waals surface area (Å²) in [6.45, 7) is 4.10. The monoisotopic (exact) mass is 327 g/mol. The molecule has 1 atom stereocenters. The topological polar surface area (TPSA) is 38.8 Å². The number of halogens is 1. The third-order valence-corrected chi connectivity index (χ3v) is 3.76. The summed E-state index contributed by atoms with van der Waals surface area (Å²) in [5.41, 5.74) is 0.668. The maximum absolute atomic E-state index is 12.5. The number of hydrogen-bond acceptors (Lipinski definition) is 3. The van der Waals surface area contributed by atoms with Crippen LogP contribution in [0.1, 0.15) is 23.7 Å². The van der Waals surface area contributed by atoms with Crippen molar-refractivity contribution in [1.82, 2.24) is 4.90 Å². The molecule has 0 radical (unpaired) electrons. The molecule has 1 aliphatic rings. The predicted octanol–water partition coefficient (Wildman–Crippen LogP) is 2.71. The minimum atomic E-state index is 0.0423. The Balaban J connectivity index is 2.16. The van der Waals surface area contributed by atoms with E-state index in [4.69, 9.17) is 9.47 Å². The van der Waals surface area contributed by atoms with Gasteiger partial charge in [0.25, 0.3) is 5.91 Å². The summed E-state index contributed by atoms with van der Waals surface area (Å²) >= 11 is 3.41. The van der Waals surface area contributed by atoms with Gasteiger partial charge in [0.15, 0.2) is 0 Å². The highest BCUT2D eigenvalue weighted by Gasteiger charge is 2.21. The Morgan fingerprint density at radius 1 is 1.53 bits per heavy atom. The van der Waals surface area contributed by atoms with Crippen molar-refractivity contribution < 1.29 is 14.3 Å². The van der Waals surface area contributed by atoms with E-state index >= 15 is 0 Å². The SMILES string of the molecule is COc1ccc(C(=O)N2CCCOC(C)C2)cc1Br. The van der Waals surface area contributed by atoms with E-state index in [-0.39, 0.29) is 12.0 Å². The molecule has 1 amide bonds. The Kier molecular flexibility index (Phi) is 4.82. The van der Waals surface area contributed by atoms with Gasteiger partial charge in [0, 0.05) is 25.3 Å². The molecule has 0 bridgehead atoms. The molecule has 19 heavy (non-hydrogen) atoms. The summed E-state index contributed by atoms with van der Waals surface area (Å²) < 4.78 is 11.5. The Hall–Kier alpha value is -1.07. The van der Waals surface area contributed by atoms with Crippen LogP contribution >= 0.6 is 15.9 Å². The molecule has 104 valence electrons. The predicted molar refractivity (Wildman–Crippen MR) is 76.6 cm³/mol. The third-order valence-electron chi connectivity index (χ3n) is 3.14.